The van der Waals surface area contributed by atoms with Crippen molar-refractivity contribution in [2.24, 2.45) is 0 Å². The first-order chi connectivity index (χ1) is 6.54. The summed E-state index contributed by atoms with van der Waals surface area (Å²) in [5.74, 6) is -0.315. The fourth-order valence-corrected chi connectivity index (χ4v) is 1.11. The molecule has 0 spiro atoms. The van der Waals surface area contributed by atoms with Gasteiger partial charge in [-0.05, 0) is 12.0 Å². The SMILES string of the molecule is COC(=O)c1cc(C(C)C)[nH]c(=O)c1. The number of methoxy groups -OCH3 is 1. The number of carbonyl (C=O) groups excluding carboxylic acids is 1. The second-order valence-electron chi connectivity index (χ2n) is 3.33. The summed E-state index contributed by atoms with van der Waals surface area (Å²) in [4.78, 5) is 25.0. The van der Waals surface area contributed by atoms with Gasteiger partial charge >= 0.3 is 5.97 Å². The van der Waals surface area contributed by atoms with E-state index in [-0.39, 0.29) is 11.5 Å². The number of pyridine rings is 1. The van der Waals surface area contributed by atoms with Gasteiger partial charge in [-0.25, -0.2) is 4.79 Å². The summed E-state index contributed by atoms with van der Waals surface area (Å²) < 4.78 is 4.53. The largest absolute Gasteiger partial charge is 0.465 e. The minimum absolute atomic E-state index is 0.173. The molecular weight excluding hydrogens is 182 g/mol. The van der Waals surface area contributed by atoms with Crippen molar-refractivity contribution < 1.29 is 9.53 Å². The third kappa shape index (κ3) is 2.22. The van der Waals surface area contributed by atoms with Crippen molar-refractivity contribution in [1.29, 1.82) is 0 Å². The van der Waals surface area contributed by atoms with E-state index in [1.165, 1.54) is 13.2 Å². The Kier molecular flexibility index (Phi) is 3.06. The van der Waals surface area contributed by atoms with Gasteiger partial charge in [-0.15, -0.1) is 0 Å². The smallest absolute Gasteiger partial charge is 0.338 e. The van der Waals surface area contributed by atoms with E-state index < -0.39 is 5.97 Å². The molecule has 0 radical (unpaired) electrons. The molecule has 0 aliphatic carbocycles. The summed E-state index contributed by atoms with van der Waals surface area (Å²) in [6, 6.07) is 2.87. The number of hydrogen-bond acceptors (Lipinski definition) is 3. The van der Waals surface area contributed by atoms with Crippen molar-refractivity contribution in [3.05, 3.63) is 33.7 Å². The van der Waals surface area contributed by atoms with Crippen LogP contribution in [-0.4, -0.2) is 18.1 Å². The molecule has 1 N–H and O–H groups in total. The summed E-state index contributed by atoms with van der Waals surface area (Å²) in [6.45, 7) is 3.87. The Bertz CT molecular complexity index is 393. The number of hydrogen-bond donors (Lipinski definition) is 1. The van der Waals surface area contributed by atoms with Gasteiger partial charge in [-0.3, -0.25) is 4.79 Å². The minimum Gasteiger partial charge on any atom is -0.465 e. The number of rotatable bonds is 2. The number of aromatic nitrogens is 1. The van der Waals surface area contributed by atoms with E-state index in [2.05, 4.69) is 9.72 Å². The zero-order chi connectivity index (χ0) is 10.7. The summed E-state index contributed by atoms with van der Waals surface area (Å²) in [5, 5.41) is 0. The second-order valence-corrected chi connectivity index (χ2v) is 3.33. The normalized spacial score (nSPS) is 10.3. The van der Waals surface area contributed by atoms with Crippen LogP contribution in [0.5, 0.6) is 0 Å². The van der Waals surface area contributed by atoms with Gasteiger partial charge in [0, 0.05) is 11.8 Å². The minimum atomic E-state index is -0.488. The number of H-pyrrole nitrogens is 1. The molecule has 0 saturated heterocycles. The van der Waals surface area contributed by atoms with E-state index in [9.17, 15) is 9.59 Å². The molecular formula is C10H13NO3. The fraction of sp³-hybridized carbons (Fsp3) is 0.400. The van der Waals surface area contributed by atoms with Crippen LogP contribution >= 0.6 is 0 Å². The van der Waals surface area contributed by atoms with Crippen LogP contribution in [0, 0.1) is 0 Å². The third-order valence-electron chi connectivity index (χ3n) is 1.91. The van der Waals surface area contributed by atoms with E-state index in [0.717, 1.165) is 5.69 Å². The van der Waals surface area contributed by atoms with Crippen molar-refractivity contribution in [3.8, 4) is 0 Å². The summed E-state index contributed by atoms with van der Waals surface area (Å²) in [5.41, 5.74) is 0.745. The van der Waals surface area contributed by atoms with Crippen LogP contribution in [0.25, 0.3) is 0 Å². The van der Waals surface area contributed by atoms with Crippen molar-refractivity contribution in [1.82, 2.24) is 4.98 Å². The molecule has 4 nitrogen and oxygen atoms in total. The number of ether oxygens (including phenoxy) is 1. The molecule has 0 aliphatic heterocycles. The lowest BCUT2D eigenvalue weighted by atomic mass is 10.1. The van der Waals surface area contributed by atoms with Crippen molar-refractivity contribution in [2.45, 2.75) is 19.8 Å². The molecule has 0 atom stereocenters. The predicted octanol–water partition coefficient (Wildman–Crippen LogP) is 1.28. The van der Waals surface area contributed by atoms with Crippen molar-refractivity contribution in [3.63, 3.8) is 0 Å². The second kappa shape index (κ2) is 4.09. The first kappa shape index (κ1) is 10.5. The van der Waals surface area contributed by atoms with E-state index >= 15 is 0 Å². The highest BCUT2D eigenvalue weighted by atomic mass is 16.5. The summed E-state index contributed by atoms with van der Waals surface area (Å²) in [6.07, 6.45) is 0. The monoisotopic (exact) mass is 195 g/mol. The highest BCUT2D eigenvalue weighted by Crippen LogP contribution is 2.11. The van der Waals surface area contributed by atoms with Crippen LogP contribution in [0.3, 0.4) is 0 Å². The quantitative estimate of drug-likeness (QED) is 0.723. The van der Waals surface area contributed by atoms with Gasteiger partial charge in [-0.2, -0.15) is 0 Å². The predicted molar refractivity (Wildman–Crippen MR) is 52.5 cm³/mol. The average Bonchev–Trinajstić information content (AvgIpc) is 2.15. The Balaban J connectivity index is 3.20. The van der Waals surface area contributed by atoms with Gasteiger partial charge in [0.15, 0.2) is 0 Å². The number of nitrogens with one attached hydrogen (secondary N) is 1. The van der Waals surface area contributed by atoms with Gasteiger partial charge in [0.2, 0.25) is 5.56 Å². The molecule has 0 amide bonds. The summed E-state index contributed by atoms with van der Waals surface area (Å²) in [7, 11) is 1.29. The lowest BCUT2D eigenvalue weighted by molar-refractivity contribution is 0.0600. The van der Waals surface area contributed by atoms with Crippen molar-refractivity contribution in [2.75, 3.05) is 7.11 Å². The standard InChI is InChI=1S/C10H13NO3/c1-6(2)8-4-7(10(13)14-3)5-9(12)11-8/h4-6H,1-3H3,(H,11,12). The molecule has 1 rings (SSSR count). The maximum atomic E-state index is 11.2. The molecule has 1 aromatic heterocycles. The highest BCUT2D eigenvalue weighted by molar-refractivity contribution is 5.89. The number of esters is 1. The first-order valence-electron chi connectivity index (χ1n) is 4.37. The van der Waals surface area contributed by atoms with Gasteiger partial charge < -0.3 is 9.72 Å². The third-order valence-corrected chi connectivity index (χ3v) is 1.91. The van der Waals surface area contributed by atoms with Gasteiger partial charge in [-0.1, -0.05) is 13.8 Å². The Morgan fingerprint density at radius 2 is 2.07 bits per heavy atom. The van der Waals surface area contributed by atoms with Gasteiger partial charge in [0.25, 0.3) is 0 Å². The lowest BCUT2D eigenvalue weighted by Gasteiger charge is -2.06. The molecule has 0 fully saturated rings. The molecule has 0 bridgehead atoms. The van der Waals surface area contributed by atoms with Crippen LogP contribution in [-0.2, 0) is 4.74 Å². The molecule has 76 valence electrons. The highest BCUT2D eigenvalue weighted by Gasteiger charge is 2.09. The van der Waals surface area contributed by atoms with Gasteiger partial charge in [0.05, 0.1) is 12.7 Å². The topological polar surface area (TPSA) is 59.2 Å². The Morgan fingerprint density at radius 1 is 1.43 bits per heavy atom. The number of aromatic amines is 1. The molecule has 1 aromatic rings. The van der Waals surface area contributed by atoms with E-state index in [4.69, 9.17) is 0 Å². The molecule has 4 heteroatoms. The lowest BCUT2D eigenvalue weighted by Crippen LogP contribution is -2.13. The van der Waals surface area contributed by atoms with Crippen LogP contribution < -0.4 is 5.56 Å². The molecule has 0 aliphatic rings. The Morgan fingerprint density at radius 3 is 2.57 bits per heavy atom. The molecule has 0 saturated carbocycles. The van der Waals surface area contributed by atoms with Crippen LogP contribution in [0.1, 0.15) is 35.8 Å². The van der Waals surface area contributed by atoms with E-state index in [0.29, 0.717) is 5.56 Å². The van der Waals surface area contributed by atoms with Crippen LogP contribution in [0.2, 0.25) is 0 Å². The van der Waals surface area contributed by atoms with E-state index in [1.807, 2.05) is 13.8 Å². The summed E-state index contributed by atoms with van der Waals surface area (Å²) >= 11 is 0. The molecule has 0 aromatic carbocycles. The molecule has 0 unspecified atom stereocenters. The van der Waals surface area contributed by atoms with E-state index in [1.54, 1.807) is 6.07 Å². The maximum absolute atomic E-state index is 11.2. The van der Waals surface area contributed by atoms with Crippen molar-refractivity contribution >= 4 is 5.97 Å². The molecule has 14 heavy (non-hydrogen) atoms. The maximum Gasteiger partial charge on any atom is 0.338 e. The number of carbonyl (C=O) groups is 1. The van der Waals surface area contributed by atoms with Gasteiger partial charge in [0.1, 0.15) is 0 Å². The zero-order valence-corrected chi connectivity index (χ0v) is 8.46. The van der Waals surface area contributed by atoms with Crippen LogP contribution in [0.4, 0.5) is 0 Å². The van der Waals surface area contributed by atoms with Crippen LogP contribution in [0.15, 0.2) is 16.9 Å². The fourth-order valence-electron chi connectivity index (χ4n) is 1.11. The molecule has 1 heterocycles. The first-order valence-corrected chi connectivity index (χ1v) is 4.37. The Labute approximate surface area is 81.9 Å². The zero-order valence-electron chi connectivity index (χ0n) is 8.46. The average molecular weight is 195 g/mol. The Hall–Kier alpha value is -1.58.